The van der Waals surface area contributed by atoms with E-state index in [0.717, 1.165) is 19.2 Å². The second-order valence-electron chi connectivity index (χ2n) is 7.10. The van der Waals surface area contributed by atoms with Gasteiger partial charge in [-0.1, -0.05) is 28.1 Å². The molecular weight excluding hydrogens is 524 g/mol. The van der Waals surface area contributed by atoms with E-state index < -0.39 is 22.5 Å². The van der Waals surface area contributed by atoms with Crippen LogP contribution in [0.25, 0.3) is 0 Å². The van der Waals surface area contributed by atoms with Gasteiger partial charge in [-0.05, 0) is 80.3 Å². The topological polar surface area (TPSA) is 75.7 Å². The number of hydrogen-bond donors (Lipinski definition) is 1. The number of thioether (sulfide) groups is 1. The molecule has 0 aliphatic rings. The Morgan fingerprint density at radius 1 is 1.09 bits per heavy atom. The standard InChI is InChI=1S/C24H25BrN2O4S2/c1-4-31-23-8-6-5-7-22(23)27(33(29,30)20-12-10-19(32-3)11-13-20)16-24(28)26-18-9-14-21(25)17(2)15-18/h5-15H,4,16H2,1-3H3,(H,26,28). The van der Waals surface area contributed by atoms with Gasteiger partial charge in [0, 0.05) is 15.1 Å². The zero-order valence-corrected chi connectivity index (χ0v) is 21.8. The fraction of sp³-hybridized carbons (Fsp3) is 0.208. The molecule has 1 N–H and O–H groups in total. The first-order chi connectivity index (χ1) is 15.8. The van der Waals surface area contributed by atoms with Gasteiger partial charge in [-0.2, -0.15) is 0 Å². The fourth-order valence-electron chi connectivity index (χ4n) is 3.17. The largest absolute Gasteiger partial charge is 0.492 e. The van der Waals surface area contributed by atoms with E-state index in [1.54, 1.807) is 54.6 Å². The van der Waals surface area contributed by atoms with Crippen LogP contribution in [0.1, 0.15) is 12.5 Å². The first-order valence-corrected chi connectivity index (χ1v) is 13.7. The van der Waals surface area contributed by atoms with Gasteiger partial charge in [-0.3, -0.25) is 9.10 Å². The van der Waals surface area contributed by atoms with Crippen molar-refractivity contribution in [1.82, 2.24) is 0 Å². The van der Waals surface area contributed by atoms with Crippen molar-refractivity contribution in [1.29, 1.82) is 0 Å². The minimum absolute atomic E-state index is 0.0962. The van der Waals surface area contributed by atoms with Gasteiger partial charge in [0.1, 0.15) is 12.3 Å². The molecule has 0 unspecified atom stereocenters. The van der Waals surface area contributed by atoms with E-state index >= 15 is 0 Å². The van der Waals surface area contributed by atoms with Gasteiger partial charge in [-0.15, -0.1) is 11.8 Å². The van der Waals surface area contributed by atoms with Crippen molar-refractivity contribution < 1.29 is 17.9 Å². The lowest BCUT2D eigenvalue weighted by atomic mass is 10.2. The van der Waals surface area contributed by atoms with E-state index in [1.165, 1.54) is 11.8 Å². The first-order valence-electron chi connectivity index (χ1n) is 10.2. The van der Waals surface area contributed by atoms with E-state index in [1.807, 2.05) is 32.2 Å². The molecule has 3 rings (SSSR count). The molecule has 0 spiro atoms. The van der Waals surface area contributed by atoms with Gasteiger partial charge in [-0.25, -0.2) is 8.42 Å². The van der Waals surface area contributed by atoms with Crippen molar-refractivity contribution in [3.8, 4) is 5.75 Å². The van der Waals surface area contributed by atoms with Gasteiger partial charge < -0.3 is 10.1 Å². The van der Waals surface area contributed by atoms with Crippen LogP contribution in [0, 0.1) is 6.92 Å². The number of rotatable bonds is 9. The molecule has 174 valence electrons. The molecule has 0 heterocycles. The summed E-state index contributed by atoms with van der Waals surface area (Å²) < 4.78 is 35.0. The molecule has 1 amide bonds. The third-order valence-electron chi connectivity index (χ3n) is 4.81. The van der Waals surface area contributed by atoms with Crippen LogP contribution in [0.4, 0.5) is 11.4 Å². The normalized spacial score (nSPS) is 11.2. The number of hydrogen-bond acceptors (Lipinski definition) is 5. The number of halogens is 1. The Bertz CT molecular complexity index is 1230. The number of nitrogens with zero attached hydrogens (tertiary/aromatic N) is 1. The van der Waals surface area contributed by atoms with E-state index in [0.29, 0.717) is 23.7 Å². The zero-order chi connectivity index (χ0) is 24.0. The number of benzene rings is 3. The number of nitrogens with one attached hydrogen (secondary N) is 1. The van der Waals surface area contributed by atoms with Gasteiger partial charge in [0.2, 0.25) is 5.91 Å². The summed E-state index contributed by atoms with van der Waals surface area (Å²) in [6.07, 6.45) is 1.92. The monoisotopic (exact) mass is 548 g/mol. The highest BCUT2D eigenvalue weighted by molar-refractivity contribution is 9.10. The summed E-state index contributed by atoms with van der Waals surface area (Å²) in [5.74, 6) is -0.0797. The highest BCUT2D eigenvalue weighted by Gasteiger charge is 2.29. The molecule has 0 bridgehead atoms. The van der Waals surface area contributed by atoms with Crippen molar-refractivity contribution in [2.24, 2.45) is 0 Å². The summed E-state index contributed by atoms with van der Waals surface area (Å²) in [5, 5.41) is 2.79. The number of anilines is 2. The van der Waals surface area contributed by atoms with Gasteiger partial charge in [0.05, 0.1) is 17.2 Å². The molecule has 6 nitrogen and oxygen atoms in total. The number of sulfonamides is 1. The molecule has 0 saturated heterocycles. The molecule has 3 aromatic carbocycles. The minimum Gasteiger partial charge on any atom is -0.492 e. The Morgan fingerprint density at radius 3 is 2.42 bits per heavy atom. The van der Waals surface area contributed by atoms with Gasteiger partial charge in [0.25, 0.3) is 10.0 Å². The van der Waals surface area contributed by atoms with E-state index in [4.69, 9.17) is 4.74 Å². The van der Waals surface area contributed by atoms with E-state index in [9.17, 15) is 13.2 Å². The molecule has 0 atom stereocenters. The minimum atomic E-state index is -4.05. The smallest absolute Gasteiger partial charge is 0.264 e. The zero-order valence-electron chi connectivity index (χ0n) is 18.5. The summed E-state index contributed by atoms with van der Waals surface area (Å²) in [5.41, 5.74) is 1.84. The second kappa shape index (κ2) is 11.1. The summed E-state index contributed by atoms with van der Waals surface area (Å²) in [6, 6.07) is 18.8. The maximum absolute atomic E-state index is 13.7. The number of amides is 1. The quantitative estimate of drug-likeness (QED) is 0.346. The van der Waals surface area contributed by atoms with Crippen molar-refractivity contribution >= 4 is 55.0 Å². The molecule has 0 fully saturated rings. The van der Waals surface area contributed by atoms with Crippen LogP contribution in [0.15, 0.2) is 81.0 Å². The third kappa shape index (κ3) is 6.10. The summed E-state index contributed by atoms with van der Waals surface area (Å²) >= 11 is 4.96. The van der Waals surface area contributed by atoms with Gasteiger partial charge >= 0.3 is 0 Å². The Hall–Kier alpha value is -2.49. The van der Waals surface area contributed by atoms with Crippen LogP contribution in [-0.2, 0) is 14.8 Å². The molecule has 0 aliphatic heterocycles. The van der Waals surface area contributed by atoms with Crippen LogP contribution in [0.5, 0.6) is 5.75 Å². The Labute approximate surface area is 207 Å². The highest BCUT2D eigenvalue weighted by Crippen LogP contribution is 2.33. The molecule has 3 aromatic rings. The Morgan fingerprint density at radius 2 is 1.79 bits per heavy atom. The van der Waals surface area contributed by atoms with Crippen molar-refractivity contribution in [2.45, 2.75) is 23.6 Å². The average Bonchev–Trinajstić information content (AvgIpc) is 2.80. The second-order valence-corrected chi connectivity index (χ2v) is 10.7. The Balaban J connectivity index is 1.99. The number of ether oxygens (including phenoxy) is 1. The molecule has 33 heavy (non-hydrogen) atoms. The molecule has 9 heteroatoms. The number of carbonyl (C=O) groups excluding carboxylic acids is 1. The van der Waals surface area contributed by atoms with E-state index in [-0.39, 0.29) is 4.90 Å². The van der Waals surface area contributed by atoms with Gasteiger partial charge in [0.15, 0.2) is 0 Å². The van der Waals surface area contributed by atoms with Crippen molar-refractivity contribution in [3.05, 3.63) is 76.8 Å². The van der Waals surface area contributed by atoms with Crippen LogP contribution in [-0.4, -0.2) is 33.7 Å². The highest BCUT2D eigenvalue weighted by atomic mass is 79.9. The Kier molecular flexibility index (Phi) is 8.45. The SMILES string of the molecule is CCOc1ccccc1N(CC(=O)Nc1ccc(Br)c(C)c1)S(=O)(=O)c1ccc(SC)cc1. The van der Waals surface area contributed by atoms with Crippen LogP contribution in [0.2, 0.25) is 0 Å². The lowest BCUT2D eigenvalue weighted by Gasteiger charge is -2.26. The number of para-hydroxylation sites is 2. The molecule has 0 aromatic heterocycles. The van der Waals surface area contributed by atoms with Crippen molar-refractivity contribution in [2.75, 3.05) is 29.0 Å². The molecule has 0 saturated carbocycles. The van der Waals surface area contributed by atoms with Crippen LogP contribution >= 0.6 is 27.7 Å². The maximum Gasteiger partial charge on any atom is 0.264 e. The summed E-state index contributed by atoms with van der Waals surface area (Å²) in [4.78, 5) is 14.0. The molecule has 0 aliphatic carbocycles. The third-order valence-corrected chi connectivity index (χ3v) is 8.22. The lowest BCUT2D eigenvalue weighted by Crippen LogP contribution is -2.38. The summed E-state index contributed by atoms with van der Waals surface area (Å²) in [6.45, 7) is 3.68. The lowest BCUT2D eigenvalue weighted by molar-refractivity contribution is -0.114. The first kappa shape index (κ1) is 25.1. The predicted molar refractivity (Wildman–Crippen MR) is 138 cm³/mol. The molecule has 0 radical (unpaired) electrons. The average molecular weight is 550 g/mol. The van der Waals surface area contributed by atoms with Crippen LogP contribution in [0.3, 0.4) is 0 Å². The number of aryl methyl sites for hydroxylation is 1. The predicted octanol–water partition coefficient (Wildman–Crippen LogP) is 5.71. The number of carbonyl (C=O) groups is 1. The van der Waals surface area contributed by atoms with Crippen molar-refractivity contribution in [3.63, 3.8) is 0 Å². The fourth-order valence-corrected chi connectivity index (χ4v) is 5.26. The summed E-state index contributed by atoms with van der Waals surface area (Å²) in [7, 11) is -4.05. The molecular formula is C24H25BrN2O4S2. The van der Waals surface area contributed by atoms with Crippen LogP contribution < -0.4 is 14.4 Å². The van der Waals surface area contributed by atoms with E-state index in [2.05, 4.69) is 21.2 Å². The maximum atomic E-state index is 13.7.